The molecule has 4 heteroatoms. The van der Waals surface area contributed by atoms with Crippen molar-refractivity contribution in [2.45, 2.75) is 32.9 Å². The number of hydrogen-bond donors (Lipinski definition) is 1. The number of anilines is 2. The number of benzene rings is 1. The minimum absolute atomic E-state index is 0.0368. The predicted octanol–water partition coefficient (Wildman–Crippen LogP) is 3.88. The molecule has 0 fully saturated rings. The highest BCUT2D eigenvalue weighted by atomic mass is 19.1. The molecule has 0 aliphatic carbocycles. The molecule has 0 aliphatic rings. The van der Waals surface area contributed by atoms with Crippen molar-refractivity contribution in [1.82, 2.24) is 10.3 Å². The van der Waals surface area contributed by atoms with Crippen LogP contribution in [0.5, 0.6) is 0 Å². The van der Waals surface area contributed by atoms with E-state index in [9.17, 15) is 4.39 Å². The van der Waals surface area contributed by atoms with E-state index < -0.39 is 0 Å². The van der Waals surface area contributed by atoms with Gasteiger partial charge >= 0.3 is 0 Å². The van der Waals surface area contributed by atoms with Crippen molar-refractivity contribution in [3.8, 4) is 0 Å². The van der Waals surface area contributed by atoms with Gasteiger partial charge in [-0.1, -0.05) is 18.2 Å². The molecule has 1 aromatic carbocycles. The van der Waals surface area contributed by atoms with E-state index in [2.05, 4.69) is 31.1 Å². The van der Waals surface area contributed by atoms with Crippen molar-refractivity contribution in [3.63, 3.8) is 0 Å². The monoisotopic (exact) mass is 287 g/mol. The summed E-state index contributed by atoms with van der Waals surface area (Å²) in [5.41, 5.74) is 1.49. The van der Waals surface area contributed by atoms with Crippen LogP contribution < -0.4 is 10.2 Å². The first-order valence-electron chi connectivity index (χ1n) is 7.06. The first-order chi connectivity index (χ1) is 9.87. The van der Waals surface area contributed by atoms with Crippen LogP contribution in [-0.2, 0) is 6.54 Å². The fraction of sp³-hybridized carbons (Fsp3) is 0.353. The Balaban J connectivity index is 2.19. The van der Waals surface area contributed by atoms with Crippen LogP contribution in [0, 0.1) is 5.82 Å². The van der Waals surface area contributed by atoms with E-state index in [1.165, 1.54) is 6.07 Å². The Hall–Kier alpha value is -1.94. The van der Waals surface area contributed by atoms with Gasteiger partial charge in [-0.05, 0) is 45.0 Å². The molecule has 0 unspecified atom stereocenters. The van der Waals surface area contributed by atoms with Gasteiger partial charge in [0.05, 0.1) is 11.4 Å². The maximum absolute atomic E-state index is 13.8. The van der Waals surface area contributed by atoms with Gasteiger partial charge in [0, 0.05) is 19.1 Å². The summed E-state index contributed by atoms with van der Waals surface area (Å²) < 4.78 is 13.8. The van der Waals surface area contributed by atoms with Crippen LogP contribution in [0.25, 0.3) is 0 Å². The van der Waals surface area contributed by atoms with Crippen LogP contribution in [-0.4, -0.2) is 17.6 Å². The van der Waals surface area contributed by atoms with Crippen LogP contribution in [0.4, 0.5) is 15.9 Å². The number of nitrogens with zero attached hydrogens (tertiary/aromatic N) is 2. The second-order valence-electron chi connectivity index (χ2n) is 6.10. The lowest BCUT2D eigenvalue weighted by Gasteiger charge is -2.22. The highest BCUT2D eigenvalue weighted by molar-refractivity contribution is 5.59. The zero-order valence-corrected chi connectivity index (χ0v) is 13.0. The molecule has 1 aromatic heterocycles. The molecule has 2 aromatic rings. The van der Waals surface area contributed by atoms with E-state index in [1.54, 1.807) is 17.0 Å². The molecule has 1 heterocycles. The molecule has 0 saturated heterocycles. The first-order valence-corrected chi connectivity index (χ1v) is 7.06. The van der Waals surface area contributed by atoms with Gasteiger partial charge < -0.3 is 10.2 Å². The zero-order valence-electron chi connectivity index (χ0n) is 13.0. The third kappa shape index (κ3) is 4.26. The SMILES string of the molecule is CN(c1cccc(CNC(C)(C)C)n1)c1ccccc1F. The molecule has 112 valence electrons. The number of para-hydroxylation sites is 1. The number of aromatic nitrogens is 1. The average molecular weight is 287 g/mol. The second-order valence-corrected chi connectivity index (χ2v) is 6.10. The normalized spacial score (nSPS) is 11.5. The predicted molar refractivity (Wildman–Crippen MR) is 85.3 cm³/mol. The largest absolute Gasteiger partial charge is 0.327 e. The third-order valence-electron chi connectivity index (χ3n) is 3.15. The number of rotatable bonds is 4. The van der Waals surface area contributed by atoms with E-state index in [0.29, 0.717) is 12.2 Å². The molecule has 1 N–H and O–H groups in total. The number of halogens is 1. The summed E-state index contributed by atoms with van der Waals surface area (Å²) in [6.45, 7) is 7.02. The highest BCUT2D eigenvalue weighted by Gasteiger charge is 2.12. The molecular weight excluding hydrogens is 265 g/mol. The molecule has 0 bridgehead atoms. The average Bonchev–Trinajstić information content (AvgIpc) is 2.44. The summed E-state index contributed by atoms with van der Waals surface area (Å²) in [5.74, 6) is 0.480. The Morgan fingerprint density at radius 2 is 1.81 bits per heavy atom. The van der Waals surface area contributed by atoms with Gasteiger partial charge in [-0.15, -0.1) is 0 Å². The van der Waals surface area contributed by atoms with Crippen LogP contribution in [0.2, 0.25) is 0 Å². The van der Waals surface area contributed by atoms with Crippen LogP contribution in [0.15, 0.2) is 42.5 Å². The molecule has 2 rings (SSSR count). The molecule has 0 amide bonds. The van der Waals surface area contributed by atoms with Crippen molar-refractivity contribution < 1.29 is 4.39 Å². The maximum Gasteiger partial charge on any atom is 0.146 e. The maximum atomic E-state index is 13.8. The lowest BCUT2D eigenvalue weighted by molar-refractivity contribution is 0.421. The van der Waals surface area contributed by atoms with Crippen molar-refractivity contribution in [3.05, 3.63) is 54.0 Å². The Morgan fingerprint density at radius 1 is 1.10 bits per heavy atom. The van der Waals surface area contributed by atoms with E-state index in [-0.39, 0.29) is 11.4 Å². The lowest BCUT2D eigenvalue weighted by Crippen LogP contribution is -2.35. The van der Waals surface area contributed by atoms with E-state index >= 15 is 0 Å². The topological polar surface area (TPSA) is 28.2 Å². The van der Waals surface area contributed by atoms with Crippen molar-refractivity contribution in [2.24, 2.45) is 0 Å². The molecule has 0 atom stereocenters. The highest BCUT2D eigenvalue weighted by Crippen LogP contribution is 2.24. The molecule has 0 radical (unpaired) electrons. The van der Waals surface area contributed by atoms with Gasteiger partial charge in [-0.25, -0.2) is 9.37 Å². The van der Waals surface area contributed by atoms with Gasteiger partial charge in [0.2, 0.25) is 0 Å². The Kier molecular flexibility index (Phi) is 4.58. The summed E-state index contributed by atoms with van der Waals surface area (Å²) in [4.78, 5) is 6.35. The first kappa shape index (κ1) is 15.4. The van der Waals surface area contributed by atoms with Crippen LogP contribution >= 0.6 is 0 Å². The summed E-state index contributed by atoms with van der Waals surface area (Å²) in [6, 6.07) is 12.5. The summed E-state index contributed by atoms with van der Waals surface area (Å²) >= 11 is 0. The number of nitrogens with one attached hydrogen (secondary N) is 1. The standard InChI is InChI=1S/C17H22FN3/c1-17(2,3)19-12-13-8-7-11-16(20-13)21(4)15-10-6-5-9-14(15)18/h5-11,19H,12H2,1-4H3. The molecule has 0 spiro atoms. The summed E-state index contributed by atoms with van der Waals surface area (Å²) in [5, 5.41) is 3.40. The van der Waals surface area contributed by atoms with Gasteiger partial charge in [0.1, 0.15) is 11.6 Å². The summed E-state index contributed by atoms with van der Waals surface area (Å²) in [7, 11) is 1.82. The fourth-order valence-electron chi connectivity index (χ4n) is 1.96. The van der Waals surface area contributed by atoms with Gasteiger partial charge in [0.15, 0.2) is 0 Å². The Labute approximate surface area is 125 Å². The molecule has 3 nitrogen and oxygen atoms in total. The summed E-state index contributed by atoms with van der Waals surface area (Å²) in [6.07, 6.45) is 0. The zero-order chi connectivity index (χ0) is 15.5. The molecule has 0 saturated carbocycles. The molecule has 0 aliphatic heterocycles. The van der Waals surface area contributed by atoms with Gasteiger partial charge in [0.25, 0.3) is 0 Å². The fourth-order valence-corrected chi connectivity index (χ4v) is 1.96. The number of pyridine rings is 1. The molecular formula is C17H22FN3. The lowest BCUT2D eigenvalue weighted by atomic mass is 10.1. The minimum Gasteiger partial charge on any atom is -0.327 e. The minimum atomic E-state index is -0.250. The molecule has 21 heavy (non-hydrogen) atoms. The van der Waals surface area contributed by atoms with Crippen molar-refractivity contribution in [2.75, 3.05) is 11.9 Å². The van der Waals surface area contributed by atoms with E-state index in [0.717, 1.165) is 11.5 Å². The van der Waals surface area contributed by atoms with Gasteiger partial charge in [-0.3, -0.25) is 0 Å². The van der Waals surface area contributed by atoms with Crippen molar-refractivity contribution in [1.29, 1.82) is 0 Å². The second kappa shape index (κ2) is 6.22. The van der Waals surface area contributed by atoms with Crippen LogP contribution in [0.1, 0.15) is 26.5 Å². The van der Waals surface area contributed by atoms with Gasteiger partial charge in [-0.2, -0.15) is 0 Å². The number of hydrogen-bond acceptors (Lipinski definition) is 3. The third-order valence-corrected chi connectivity index (χ3v) is 3.15. The Bertz CT molecular complexity index is 605. The van der Waals surface area contributed by atoms with Crippen molar-refractivity contribution >= 4 is 11.5 Å². The van der Waals surface area contributed by atoms with E-state index in [4.69, 9.17) is 0 Å². The quantitative estimate of drug-likeness (QED) is 0.925. The van der Waals surface area contributed by atoms with E-state index in [1.807, 2.05) is 31.3 Å². The Morgan fingerprint density at radius 3 is 2.48 bits per heavy atom. The van der Waals surface area contributed by atoms with Crippen LogP contribution in [0.3, 0.4) is 0 Å². The smallest absolute Gasteiger partial charge is 0.146 e.